The van der Waals surface area contributed by atoms with Crippen LogP contribution in [-0.4, -0.2) is 29.4 Å². The fraction of sp³-hybridized carbons (Fsp3) is 0.222. The number of likely N-dealkylation sites (N-methyl/N-ethyl adjacent to an activating group) is 1. The molecule has 128 valence electrons. The summed E-state index contributed by atoms with van der Waals surface area (Å²) in [5.41, 5.74) is 1.67. The third kappa shape index (κ3) is 3.73. The standard InChI is InChI=1S/C18H18ClFN2O.ClH/c1-21-11-17(23)18(13-3-2-4-15(20)10-13)22-8-7-12-9-14(19)5-6-16(12)22;/h2-10,17-18,21,23H,11H2,1H3;1H/t17-,18+;/m1./s1. The van der Waals surface area contributed by atoms with Crippen molar-refractivity contribution in [2.45, 2.75) is 12.1 Å². The third-order valence-corrected chi connectivity index (χ3v) is 4.19. The van der Waals surface area contributed by atoms with Crippen LogP contribution in [-0.2, 0) is 0 Å². The highest BCUT2D eigenvalue weighted by Gasteiger charge is 2.24. The Hall–Kier alpha value is -1.59. The van der Waals surface area contributed by atoms with Gasteiger partial charge in [-0.25, -0.2) is 4.39 Å². The van der Waals surface area contributed by atoms with E-state index < -0.39 is 12.1 Å². The first-order valence-electron chi connectivity index (χ1n) is 7.44. The molecule has 0 spiro atoms. The summed E-state index contributed by atoms with van der Waals surface area (Å²) in [6, 6.07) is 13.5. The highest BCUT2D eigenvalue weighted by atomic mass is 35.5. The van der Waals surface area contributed by atoms with Gasteiger partial charge in [-0.05, 0) is 49.0 Å². The van der Waals surface area contributed by atoms with E-state index in [2.05, 4.69) is 5.32 Å². The molecule has 0 aliphatic heterocycles. The molecule has 0 saturated heterocycles. The Labute approximate surface area is 151 Å². The molecule has 2 aromatic carbocycles. The van der Waals surface area contributed by atoms with Gasteiger partial charge in [-0.15, -0.1) is 12.4 Å². The van der Waals surface area contributed by atoms with E-state index in [4.69, 9.17) is 11.6 Å². The van der Waals surface area contributed by atoms with Gasteiger partial charge in [0.1, 0.15) is 5.82 Å². The zero-order valence-corrected chi connectivity index (χ0v) is 14.7. The first kappa shape index (κ1) is 18.7. The first-order valence-corrected chi connectivity index (χ1v) is 7.82. The van der Waals surface area contributed by atoms with E-state index in [0.717, 1.165) is 16.5 Å². The van der Waals surface area contributed by atoms with E-state index in [1.54, 1.807) is 13.1 Å². The highest BCUT2D eigenvalue weighted by molar-refractivity contribution is 6.31. The number of nitrogens with zero attached hydrogens (tertiary/aromatic N) is 1. The molecule has 2 N–H and O–H groups in total. The second-order valence-corrected chi connectivity index (χ2v) is 5.99. The molecule has 3 aromatic rings. The van der Waals surface area contributed by atoms with Gasteiger partial charge in [-0.3, -0.25) is 0 Å². The number of fused-ring (bicyclic) bond motifs is 1. The lowest BCUT2D eigenvalue weighted by molar-refractivity contribution is 0.132. The third-order valence-electron chi connectivity index (χ3n) is 3.95. The van der Waals surface area contributed by atoms with Gasteiger partial charge in [-0.1, -0.05) is 23.7 Å². The minimum atomic E-state index is -0.701. The van der Waals surface area contributed by atoms with Crippen LogP contribution >= 0.6 is 24.0 Å². The molecule has 0 bridgehead atoms. The number of hydrogen-bond donors (Lipinski definition) is 2. The number of aliphatic hydroxyl groups excluding tert-OH is 1. The van der Waals surface area contributed by atoms with Crippen molar-refractivity contribution in [2.75, 3.05) is 13.6 Å². The molecule has 6 heteroatoms. The minimum absolute atomic E-state index is 0. The van der Waals surface area contributed by atoms with Gasteiger partial charge in [0.05, 0.1) is 12.1 Å². The fourth-order valence-electron chi connectivity index (χ4n) is 2.96. The quantitative estimate of drug-likeness (QED) is 0.713. The van der Waals surface area contributed by atoms with Gasteiger partial charge in [0, 0.05) is 28.7 Å². The van der Waals surface area contributed by atoms with Gasteiger partial charge in [0.15, 0.2) is 0 Å². The van der Waals surface area contributed by atoms with Gasteiger partial charge >= 0.3 is 0 Å². The topological polar surface area (TPSA) is 37.2 Å². The second-order valence-electron chi connectivity index (χ2n) is 5.55. The molecule has 0 unspecified atom stereocenters. The number of aliphatic hydroxyl groups is 1. The van der Waals surface area contributed by atoms with Crippen LogP contribution in [0, 0.1) is 5.82 Å². The average molecular weight is 369 g/mol. The second kappa shape index (κ2) is 7.99. The summed E-state index contributed by atoms with van der Waals surface area (Å²) in [4.78, 5) is 0. The van der Waals surface area contributed by atoms with Crippen molar-refractivity contribution in [1.29, 1.82) is 0 Å². The number of benzene rings is 2. The molecule has 0 aliphatic rings. The Kier molecular flexibility index (Phi) is 6.24. The Morgan fingerprint density at radius 3 is 2.71 bits per heavy atom. The van der Waals surface area contributed by atoms with Crippen LogP contribution in [0.2, 0.25) is 5.02 Å². The Bertz CT molecular complexity index is 822. The lowest BCUT2D eigenvalue weighted by Gasteiger charge is -2.26. The minimum Gasteiger partial charge on any atom is -0.389 e. The van der Waals surface area contributed by atoms with Crippen molar-refractivity contribution in [1.82, 2.24) is 9.88 Å². The summed E-state index contributed by atoms with van der Waals surface area (Å²) in [5, 5.41) is 15.2. The van der Waals surface area contributed by atoms with E-state index in [1.807, 2.05) is 41.1 Å². The van der Waals surface area contributed by atoms with Crippen molar-refractivity contribution in [3.63, 3.8) is 0 Å². The Balaban J connectivity index is 0.00000208. The van der Waals surface area contributed by atoms with Crippen LogP contribution in [0.4, 0.5) is 4.39 Å². The summed E-state index contributed by atoms with van der Waals surface area (Å²) in [6.45, 7) is 0.397. The number of halogens is 3. The average Bonchev–Trinajstić information content (AvgIpc) is 2.91. The molecule has 1 aromatic heterocycles. The smallest absolute Gasteiger partial charge is 0.123 e. The van der Waals surface area contributed by atoms with Crippen molar-refractivity contribution in [2.24, 2.45) is 0 Å². The van der Waals surface area contributed by atoms with Crippen LogP contribution in [0.1, 0.15) is 11.6 Å². The molecule has 0 aliphatic carbocycles. The summed E-state index contributed by atoms with van der Waals surface area (Å²) in [6.07, 6.45) is 1.20. The maximum Gasteiger partial charge on any atom is 0.123 e. The van der Waals surface area contributed by atoms with Gasteiger partial charge in [-0.2, -0.15) is 0 Å². The van der Waals surface area contributed by atoms with Crippen LogP contribution < -0.4 is 5.32 Å². The van der Waals surface area contributed by atoms with Crippen molar-refractivity contribution in [3.8, 4) is 0 Å². The van der Waals surface area contributed by atoms with Gasteiger partial charge < -0.3 is 15.0 Å². The van der Waals surface area contributed by atoms with E-state index in [9.17, 15) is 9.50 Å². The molecule has 24 heavy (non-hydrogen) atoms. The summed E-state index contributed by atoms with van der Waals surface area (Å²) in [5.74, 6) is -0.316. The molecule has 0 radical (unpaired) electrons. The van der Waals surface area contributed by atoms with Gasteiger partial charge in [0.2, 0.25) is 0 Å². The molecule has 2 atom stereocenters. The van der Waals surface area contributed by atoms with Crippen molar-refractivity contribution >= 4 is 34.9 Å². The monoisotopic (exact) mass is 368 g/mol. The first-order chi connectivity index (χ1) is 11.1. The number of nitrogens with one attached hydrogen (secondary N) is 1. The van der Waals surface area contributed by atoms with Crippen LogP contribution in [0.3, 0.4) is 0 Å². The molecule has 1 heterocycles. The Morgan fingerprint density at radius 1 is 1.21 bits per heavy atom. The van der Waals surface area contributed by atoms with Crippen LogP contribution in [0.25, 0.3) is 10.9 Å². The molecular weight excluding hydrogens is 350 g/mol. The molecule has 3 rings (SSSR count). The lowest BCUT2D eigenvalue weighted by atomic mass is 10.0. The predicted octanol–water partition coefficient (Wildman–Crippen LogP) is 4.03. The summed E-state index contributed by atoms with van der Waals surface area (Å²) < 4.78 is 15.6. The van der Waals surface area contributed by atoms with Crippen molar-refractivity contribution < 1.29 is 9.50 Å². The molecule has 0 fully saturated rings. The number of rotatable bonds is 5. The molecule has 3 nitrogen and oxygen atoms in total. The van der Waals surface area contributed by atoms with Crippen molar-refractivity contribution in [3.05, 3.63) is 71.1 Å². The predicted molar refractivity (Wildman–Crippen MR) is 98.7 cm³/mol. The summed E-state index contributed by atoms with van der Waals surface area (Å²) >= 11 is 6.04. The lowest BCUT2D eigenvalue weighted by Crippen LogP contribution is -2.33. The highest BCUT2D eigenvalue weighted by Crippen LogP contribution is 2.29. The maximum atomic E-state index is 13.7. The molecular formula is C18H19Cl2FN2O. The van der Waals surface area contributed by atoms with Crippen LogP contribution in [0.15, 0.2) is 54.7 Å². The largest absolute Gasteiger partial charge is 0.389 e. The molecule has 0 saturated carbocycles. The summed E-state index contributed by atoms with van der Waals surface area (Å²) in [7, 11) is 1.78. The number of aromatic nitrogens is 1. The normalized spacial score (nSPS) is 13.5. The van der Waals surface area contributed by atoms with E-state index in [-0.39, 0.29) is 18.2 Å². The fourth-order valence-corrected chi connectivity index (χ4v) is 3.14. The van der Waals surface area contributed by atoms with Gasteiger partial charge in [0.25, 0.3) is 0 Å². The molecule has 0 amide bonds. The van der Waals surface area contributed by atoms with E-state index in [1.165, 1.54) is 12.1 Å². The van der Waals surface area contributed by atoms with E-state index >= 15 is 0 Å². The zero-order chi connectivity index (χ0) is 16.4. The Morgan fingerprint density at radius 2 is 2.00 bits per heavy atom. The maximum absolute atomic E-state index is 13.7. The van der Waals surface area contributed by atoms with Crippen LogP contribution in [0.5, 0.6) is 0 Å². The SMILES string of the molecule is CNC[C@@H](O)[C@H](c1cccc(F)c1)n1ccc2cc(Cl)ccc21.Cl. The van der Waals surface area contributed by atoms with E-state index in [0.29, 0.717) is 11.6 Å². The zero-order valence-electron chi connectivity index (χ0n) is 13.1. The number of hydrogen-bond acceptors (Lipinski definition) is 2.